The molecule has 0 radical (unpaired) electrons. The zero-order valence-corrected chi connectivity index (χ0v) is 12.3. The Bertz CT molecular complexity index is 548. The van der Waals surface area contributed by atoms with Gasteiger partial charge in [-0.2, -0.15) is 5.10 Å². The van der Waals surface area contributed by atoms with Gasteiger partial charge in [0, 0.05) is 6.54 Å². The van der Waals surface area contributed by atoms with Gasteiger partial charge in [0.15, 0.2) is 0 Å². The van der Waals surface area contributed by atoms with E-state index in [2.05, 4.69) is 29.2 Å². The van der Waals surface area contributed by atoms with E-state index in [0.29, 0.717) is 12.5 Å². The fraction of sp³-hybridized carbons (Fsp3) is 0.429. The SMILES string of the molecule is Cc1ccc(Cl)c(NCc2ncnn2CC(C)C)c1. The van der Waals surface area contributed by atoms with Crippen molar-refractivity contribution in [2.45, 2.75) is 33.9 Å². The molecule has 0 fully saturated rings. The van der Waals surface area contributed by atoms with Gasteiger partial charge in [-0.05, 0) is 30.5 Å². The van der Waals surface area contributed by atoms with Crippen LogP contribution in [0.25, 0.3) is 0 Å². The van der Waals surface area contributed by atoms with E-state index in [-0.39, 0.29) is 0 Å². The number of benzene rings is 1. The van der Waals surface area contributed by atoms with Gasteiger partial charge >= 0.3 is 0 Å². The Labute approximate surface area is 118 Å². The van der Waals surface area contributed by atoms with E-state index in [9.17, 15) is 0 Å². The minimum Gasteiger partial charge on any atom is -0.377 e. The molecule has 102 valence electrons. The molecule has 0 amide bonds. The van der Waals surface area contributed by atoms with Gasteiger partial charge in [-0.1, -0.05) is 31.5 Å². The summed E-state index contributed by atoms with van der Waals surface area (Å²) in [5, 5.41) is 8.28. The summed E-state index contributed by atoms with van der Waals surface area (Å²) < 4.78 is 1.93. The van der Waals surface area contributed by atoms with Crippen LogP contribution in [0.4, 0.5) is 5.69 Å². The zero-order chi connectivity index (χ0) is 13.8. The molecule has 19 heavy (non-hydrogen) atoms. The Hall–Kier alpha value is -1.55. The molecule has 2 aromatic rings. The highest BCUT2D eigenvalue weighted by Gasteiger charge is 2.07. The van der Waals surface area contributed by atoms with Gasteiger partial charge in [0.25, 0.3) is 0 Å². The monoisotopic (exact) mass is 278 g/mol. The number of nitrogens with zero attached hydrogens (tertiary/aromatic N) is 3. The van der Waals surface area contributed by atoms with Gasteiger partial charge in [0.05, 0.1) is 17.3 Å². The van der Waals surface area contributed by atoms with Gasteiger partial charge in [-0.25, -0.2) is 9.67 Å². The van der Waals surface area contributed by atoms with Crippen LogP contribution in [0.15, 0.2) is 24.5 Å². The minimum atomic E-state index is 0.544. The molecule has 1 N–H and O–H groups in total. The summed E-state index contributed by atoms with van der Waals surface area (Å²) >= 11 is 6.16. The molecule has 2 rings (SSSR count). The normalized spacial score (nSPS) is 11.0. The largest absolute Gasteiger partial charge is 0.377 e. The summed E-state index contributed by atoms with van der Waals surface area (Å²) in [6, 6.07) is 5.93. The molecule has 0 aliphatic carbocycles. The third-order valence-corrected chi connectivity index (χ3v) is 3.12. The van der Waals surface area contributed by atoms with Crippen LogP contribution >= 0.6 is 11.6 Å². The topological polar surface area (TPSA) is 42.7 Å². The Balaban J connectivity index is 2.06. The van der Waals surface area contributed by atoms with Crippen molar-refractivity contribution in [1.29, 1.82) is 0 Å². The van der Waals surface area contributed by atoms with Gasteiger partial charge in [-0.15, -0.1) is 0 Å². The predicted molar refractivity (Wildman–Crippen MR) is 78.4 cm³/mol. The number of rotatable bonds is 5. The second-order valence-electron chi connectivity index (χ2n) is 5.09. The minimum absolute atomic E-state index is 0.544. The van der Waals surface area contributed by atoms with Crippen LogP contribution in [0.3, 0.4) is 0 Å². The molecule has 0 spiro atoms. The van der Waals surface area contributed by atoms with Crippen molar-refractivity contribution in [3.05, 3.63) is 40.9 Å². The molecule has 0 saturated carbocycles. The molecular formula is C14H19ClN4. The first-order valence-electron chi connectivity index (χ1n) is 6.43. The highest BCUT2D eigenvalue weighted by atomic mass is 35.5. The Morgan fingerprint density at radius 1 is 1.37 bits per heavy atom. The van der Waals surface area contributed by atoms with Gasteiger partial charge in [0.2, 0.25) is 0 Å². The molecule has 5 heteroatoms. The van der Waals surface area contributed by atoms with Crippen LogP contribution in [0.1, 0.15) is 25.2 Å². The smallest absolute Gasteiger partial charge is 0.146 e. The molecule has 0 bridgehead atoms. The first kappa shape index (κ1) is 13.9. The number of aryl methyl sites for hydroxylation is 1. The Kier molecular flexibility index (Phi) is 4.43. The van der Waals surface area contributed by atoms with Crippen LogP contribution < -0.4 is 5.32 Å². The third-order valence-electron chi connectivity index (χ3n) is 2.79. The molecule has 0 unspecified atom stereocenters. The number of nitrogens with one attached hydrogen (secondary N) is 1. The van der Waals surface area contributed by atoms with Crippen molar-refractivity contribution in [2.24, 2.45) is 5.92 Å². The van der Waals surface area contributed by atoms with Crippen LogP contribution in [0.2, 0.25) is 5.02 Å². The molecule has 0 saturated heterocycles. The molecule has 1 heterocycles. The first-order chi connectivity index (χ1) is 9.06. The Morgan fingerprint density at radius 3 is 2.89 bits per heavy atom. The lowest BCUT2D eigenvalue weighted by molar-refractivity contribution is 0.468. The maximum absolute atomic E-state index is 6.16. The van der Waals surface area contributed by atoms with Gasteiger partial charge < -0.3 is 5.32 Å². The number of halogens is 1. The Morgan fingerprint density at radius 2 is 2.16 bits per heavy atom. The summed E-state index contributed by atoms with van der Waals surface area (Å²) in [5.41, 5.74) is 2.11. The van der Waals surface area contributed by atoms with E-state index < -0.39 is 0 Å². The highest BCUT2D eigenvalue weighted by molar-refractivity contribution is 6.33. The van der Waals surface area contributed by atoms with E-state index in [1.165, 1.54) is 5.56 Å². The van der Waals surface area contributed by atoms with Crippen LogP contribution in [-0.2, 0) is 13.1 Å². The average molecular weight is 279 g/mol. The van der Waals surface area contributed by atoms with E-state index >= 15 is 0 Å². The van der Waals surface area contributed by atoms with E-state index in [1.807, 2.05) is 29.8 Å². The summed E-state index contributed by atoms with van der Waals surface area (Å²) in [6.45, 7) is 7.86. The van der Waals surface area contributed by atoms with E-state index in [1.54, 1.807) is 6.33 Å². The first-order valence-corrected chi connectivity index (χ1v) is 6.80. The lowest BCUT2D eigenvalue weighted by Crippen LogP contribution is -2.13. The fourth-order valence-corrected chi connectivity index (χ4v) is 2.06. The van der Waals surface area contributed by atoms with Gasteiger partial charge in [-0.3, -0.25) is 0 Å². The second-order valence-corrected chi connectivity index (χ2v) is 5.50. The van der Waals surface area contributed by atoms with E-state index in [0.717, 1.165) is 23.1 Å². The van der Waals surface area contributed by atoms with Crippen LogP contribution in [-0.4, -0.2) is 14.8 Å². The fourth-order valence-electron chi connectivity index (χ4n) is 1.87. The maximum Gasteiger partial charge on any atom is 0.146 e. The number of anilines is 1. The van der Waals surface area contributed by atoms with E-state index in [4.69, 9.17) is 11.6 Å². The number of hydrogen-bond donors (Lipinski definition) is 1. The molecule has 0 aliphatic heterocycles. The lowest BCUT2D eigenvalue weighted by atomic mass is 10.2. The van der Waals surface area contributed by atoms with Crippen molar-refractivity contribution in [1.82, 2.24) is 14.8 Å². The molecule has 4 nitrogen and oxygen atoms in total. The quantitative estimate of drug-likeness (QED) is 0.910. The second kappa shape index (κ2) is 6.06. The summed E-state index contributed by atoms with van der Waals surface area (Å²) in [7, 11) is 0. The van der Waals surface area contributed by atoms with Crippen LogP contribution in [0.5, 0.6) is 0 Å². The number of hydrogen-bond acceptors (Lipinski definition) is 3. The lowest BCUT2D eigenvalue weighted by Gasteiger charge is -2.11. The van der Waals surface area contributed by atoms with Crippen LogP contribution in [0, 0.1) is 12.8 Å². The highest BCUT2D eigenvalue weighted by Crippen LogP contribution is 2.23. The molecular weight excluding hydrogens is 260 g/mol. The summed E-state index contributed by atoms with van der Waals surface area (Å²) in [6.07, 6.45) is 1.59. The van der Waals surface area contributed by atoms with Crippen molar-refractivity contribution < 1.29 is 0 Å². The average Bonchev–Trinajstić information content (AvgIpc) is 2.77. The summed E-state index contributed by atoms with van der Waals surface area (Å²) in [4.78, 5) is 4.28. The number of aromatic nitrogens is 3. The molecule has 0 aliphatic rings. The molecule has 0 atom stereocenters. The van der Waals surface area contributed by atoms with Crippen molar-refractivity contribution in [2.75, 3.05) is 5.32 Å². The van der Waals surface area contributed by atoms with Crippen molar-refractivity contribution >= 4 is 17.3 Å². The van der Waals surface area contributed by atoms with Crippen molar-refractivity contribution in [3.63, 3.8) is 0 Å². The molecule has 1 aromatic carbocycles. The third kappa shape index (κ3) is 3.70. The predicted octanol–water partition coefficient (Wildman–Crippen LogP) is 3.51. The zero-order valence-electron chi connectivity index (χ0n) is 11.5. The van der Waals surface area contributed by atoms with Gasteiger partial charge in [0.1, 0.15) is 12.2 Å². The summed E-state index contributed by atoms with van der Waals surface area (Å²) in [5.74, 6) is 1.47. The standard InChI is InChI=1S/C14H19ClN4/c1-10(2)8-19-14(17-9-18-19)7-16-13-6-11(3)4-5-12(13)15/h4-6,9-10,16H,7-8H2,1-3H3. The molecule has 1 aromatic heterocycles. The van der Waals surface area contributed by atoms with Crippen molar-refractivity contribution in [3.8, 4) is 0 Å². The maximum atomic E-state index is 6.16.